The van der Waals surface area contributed by atoms with Crippen LogP contribution in [0.4, 0.5) is 14.9 Å². The number of carbonyl (C=O) groups excluding carboxylic acids is 1. The van der Waals surface area contributed by atoms with Crippen LogP contribution in [0.2, 0.25) is 0 Å². The first-order chi connectivity index (χ1) is 11.6. The average molecular weight is 328 g/mol. The Morgan fingerprint density at radius 2 is 2.21 bits per heavy atom. The minimum absolute atomic E-state index is 0.309. The molecule has 3 rings (SSSR count). The summed E-state index contributed by atoms with van der Waals surface area (Å²) < 4.78 is 18.8. The van der Waals surface area contributed by atoms with E-state index in [1.807, 2.05) is 31.2 Å². The molecule has 1 amide bonds. The summed E-state index contributed by atoms with van der Waals surface area (Å²) in [5.41, 5.74) is 3.13. The molecule has 2 aromatic rings. The van der Waals surface area contributed by atoms with E-state index in [-0.39, 0.29) is 5.82 Å². The van der Waals surface area contributed by atoms with Crippen LogP contribution in [0.1, 0.15) is 12.0 Å². The number of amides is 1. The number of hydrogen-bond donors (Lipinski definition) is 2. The lowest BCUT2D eigenvalue weighted by Gasteiger charge is -2.14. The lowest BCUT2D eigenvalue weighted by molar-refractivity contribution is 0.144. The van der Waals surface area contributed by atoms with E-state index in [0.717, 1.165) is 30.6 Å². The molecular formula is C19H21FN2O2. The summed E-state index contributed by atoms with van der Waals surface area (Å²) in [6, 6.07) is 12.0. The van der Waals surface area contributed by atoms with Gasteiger partial charge in [-0.2, -0.15) is 0 Å². The van der Waals surface area contributed by atoms with E-state index >= 15 is 0 Å². The molecule has 0 bridgehead atoms. The minimum Gasteiger partial charge on any atom is -0.449 e. The van der Waals surface area contributed by atoms with E-state index in [4.69, 9.17) is 4.74 Å². The van der Waals surface area contributed by atoms with Gasteiger partial charge in [0.15, 0.2) is 0 Å². The van der Waals surface area contributed by atoms with Crippen LogP contribution in [-0.2, 0) is 4.74 Å². The van der Waals surface area contributed by atoms with Gasteiger partial charge in [0.2, 0.25) is 0 Å². The van der Waals surface area contributed by atoms with Crippen molar-refractivity contribution in [1.82, 2.24) is 5.32 Å². The van der Waals surface area contributed by atoms with E-state index in [1.165, 1.54) is 12.1 Å². The zero-order valence-corrected chi connectivity index (χ0v) is 13.6. The van der Waals surface area contributed by atoms with Crippen LogP contribution in [0.15, 0.2) is 42.5 Å². The summed E-state index contributed by atoms with van der Waals surface area (Å²) >= 11 is 0. The molecule has 2 aromatic carbocycles. The molecule has 24 heavy (non-hydrogen) atoms. The number of ether oxygens (including phenoxy) is 1. The minimum atomic E-state index is -0.483. The molecule has 0 saturated carbocycles. The van der Waals surface area contributed by atoms with E-state index < -0.39 is 6.09 Å². The topological polar surface area (TPSA) is 50.4 Å². The van der Waals surface area contributed by atoms with Crippen molar-refractivity contribution < 1.29 is 13.9 Å². The Bertz CT molecular complexity index is 727. The Labute approximate surface area is 141 Å². The van der Waals surface area contributed by atoms with Gasteiger partial charge in [-0.3, -0.25) is 5.32 Å². The van der Waals surface area contributed by atoms with Gasteiger partial charge in [0.25, 0.3) is 0 Å². The van der Waals surface area contributed by atoms with Crippen molar-refractivity contribution in [2.75, 3.05) is 25.0 Å². The van der Waals surface area contributed by atoms with Gasteiger partial charge in [-0.1, -0.05) is 23.8 Å². The number of anilines is 1. The van der Waals surface area contributed by atoms with Gasteiger partial charge >= 0.3 is 6.09 Å². The number of benzene rings is 2. The molecule has 4 nitrogen and oxygen atoms in total. The lowest BCUT2D eigenvalue weighted by atomic mass is 10.0. The summed E-state index contributed by atoms with van der Waals surface area (Å²) in [5.74, 6) is 0.0627. The zero-order chi connectivity index (χ0) is 16.9. The number of carbonyl (C=O) groups is 1. The quantitative estimate of drug-likeness (QED) is 0.893. The highest BCUT2D eigenvalue weighted by Gasteiger charge is 2.17. The Hall–Kier alpha value is -2.40. The fraction of sp³-hybridized carbons (Fsp3) is 0.316. The fourth-order valence-corrected chi connectivity index (χ4v) is 2.86. The highest BCUT2D eigenvalue weighted by Crippen LogP contribution is 2.29. The summed E-state index contributed by atoms with van der Waals surface area (Å²) in [6.45, 7) is 4.21. The summed E-state index contributed by atoms with van der Waals surface area (Å²) in [6.07, 6.45) is 0.537. The van der Waals surface area contributed by atoms with E-state index in [0.29, 0.717) is 23.8 Å². The zero-order valence-electron chi connectivity index (χ0n) is 13.6. The maximum absolute atomic E-state index is 13.5. The van der Waals surface area contributed by atoms with Crippen molar-refractivity contribution in [3.63, 3.8) is 0 Å². The SMILES string of the molecule is Cc1ccc(NC(=O)OC[C@@H]2CCNC2)c(-c2cccc(F)c2)c1. The van der Waals surface area contributed by atoms with Gasteiger partial charge in [0, 0.05) is 18.0 Å². The standard InChI is InChI=1S/C19H21FN2O2/c1-13-5-6-18(17(9-13)15-3-2-4-16(20)10-15)22-19(23)24-12-14-7-8-21-11-14/h2-6,9-10,14,21H,7-8,11-12H2,1H3,(H,22,23)/t14-/m1/s1. The Morgan fingerprint density at radius 1 is 1.33 bits per heavy atom. The third-order valence-corrected chi connectivity index (χ3v) is 4.16. The van der Waals surface area contributed by atoms with Crippen LogP contribution in [0.3, 0.4) is 0 Å². The molecular weight excluding hydrogens is 307 g/mol. The molecule has 0 aliphatic carbocycles. The average Bonchev–Trinajstić information content (AvgIpc) is 3.08. The molecule has 1 aliphatic rings. The number of hydrogen-bond acceptors (Lipinski definition) is 3. The van der Waals surface area contributed by atoms with E-state index in [9.17, 15) is 9.18 Å². The summed E-state index contributed by atoms with van der Waals surface area (Å²) in [7, 11) is 0. The smallest absolute Gasteiger partial charge is 0.411 e. The molecule has 1 saturated heterocycles. The molecule has 2 N–H and O–H groups in total. The maximum Gasteiger partial charge on any atom is 0.411 e. The highest BCUT2D eigenvalue weighted by atomic mass is 19.1. The lowest BCUT2D eigenvalue weighted by Crippen LogP contribution is -2.20. The van der Waals surface area contributed by atoms with Gasteiger partial charge in [-0.25, -0.2) is 9.18 Å². The number of aryl methyl sites for hydroxylation is 1. The number of rotatable bonds is 4. The number of nitrogens with one attached hydrogen (secondary N) is 2. The van der Waals surface area contributed by atoms with Gasteiger partial charge in [-0.05, 0) is 49.7 Å². The van der Waals surface area contributed by atoms with Crippen LogP contribution in [-0.4, -0.2) is 25.8 Å². The molecule has 1 fully saturated rings. The second-order valence-electron chi connectivity index (χ2n) is 6.14. The Kier molecular flexibility index (Phi) is 5.11. The van der Waals surface area contributed by atoms with Crippen molar-refractivity contribution in [2.45, 2.75) is 13.3 Å². The molecule has 0 aromatic heterocycles. The molecule has 0 spiro atoms. The van der Waals surface area contributed by atoms with E-state index in [1.54, 1.807) is 6.07 Å². The third-order valence-electron chi connectivity index (χ3n) is 4.16. The van der Waals surface area contributed by atoms with Gasteiger partial charge in [0.05, 0.1) is 12.3 Å². The van der Waals surface area contributed by atoms with Crippen LogP contribution >= 0.6 is 0 Å². The summed E-state index contributed by atoms with van der Waals surface area (Å²) in [4.78, 5) is 12.1. The first kappa shape index (κ1) is 16.5. The van der Waals surface area contributed by atoms with Crippen molar-refractivity contribution in [2.24, 2.45) is 5.92 Å². The second-order valence-corrected chi connectivity index (χ2v) is 6.14. The molecule has 0 radical (unpaired) electrons. The first-order valence-corrected chi connectivity index (χ1v) is 8.13. The van der Waals surface area contributed by atoms with Crippen LogP contribution in [0.25, 0.3) is 11.1 Å². The van der Waals surface area contributed by atoms with Gasteiger partial charge < -0.3 is 10.1 Å². The van der Waals surface area contributed by atoms with E-state index in [2.05, 4.69) is 10.6 Å². The van der Waals surface area contributed by atoms with Crippen LogP contribution in [0, 0.1) is 18.7 Å². The van der Waals surface area contributed by atoms with Gasteiger partial charge in [0.1, 0.15) is 5.82 Å². The van der Waals surface area contributed by atoms with Crippen molar-refractivity contribution in [3.05, 3.63) is 53.8 Å². The van der Waals surface area contributed by atoms with Crippen LogP contribution < -0.4 is 10.6 Å². The second kappa shape index (κ2) is 7.45. The maximum atomic E-state index is 13.5. The largest absolute Gasteiger partial charge is 0.449 e. The number of halogens is 1. The first-order valence-electron chi connectivity index (χ1n) is 8.13. The molecule has 5 heteroatoms. The molecule has 1 atom stereocenters. The van der Waals surface area contributed by atoms with Crippen LogP contribution in [0.5, 0.6) is 0 Å². The summed E-state index contributed by atoms with van der Waals surface area (Å²) in [5, 5.41) is 6.02. The molecule has 1 aliphatic heterocycles. The fourth-order valence-electron chi connectivity index (χ4n) is 2.86. The molecule has 126 valence electrons. The molecule has 1 heterocycles. The highest BCUT2D eigenvalue weighted by molar-refractivity contribution is 5.91. The predicted octanol–water partition coefficient (Wildman–Crippen LogP) is 3.96. The monoisotopic (exact) mass is 328 g/mol. The Morgan fingerprint density at radius 3 is 2.96 bits per heavy atom. The van der Waals surface area contributed by atoms with Crippen molar-refractivity contribution in [3.8, 4) is 11.1 Å². The third kappa shape index (κ3) is 4.11. The van der Waals surface area contributed by atoms with Gasteiger partial charge in [-0.15, -0.1) is 0 Å². The van der Waals surface area contributed by atoms with Crippen molar-refractivity contribution >= 4 is 11.8 Å². The predicted molar refractivity (Wildman–Crippen MR) is 92.5 cm³/mol. The van der Waals surface area contributed by atoms with Crippen molar-refractivity contribution in [1.29, 1.82) is 0 Å². The molecule has 0 unspecified atom stereocenters. The normalized spacial score (nSPS) is 16.8. The Balaban J connectivity index is 1.74.